The molecule has 238 valence electrons. The van der Waals surface area contributed by atoms with E-state index in [1.165, 1.54) is 26.3 Å². The maximum Gasteiger partial charge on any atom is 0.332 e. The minimum absolute atomic E-state index is 0.112. The Bertz CT molecular complexity index is 1330. The molecule has 0 aliphatic carbocycles. The van der Waals surface area contributed by atoms with Gasteiger partial charge in [0.2, 0.25) is 6.79 Å². The molecular formula is C31H38N2O11. The summed E-state index contributed by atoms with van der Waals surface area (Å²) in [6, 6.07) is 9.03. The Kier molecular flexibility index (Phi) is 12.1. The number of cyclic esters (lactones) is 2. The van der Waals surface area contributed by atoms with Gasteiger partial charge in [-0.2, -0.15) is 0 Å². The van der Waals surface area contributed by atoms with Gasteiger partial charge < -0.3 is 33.7 Å². The highest BCUT2D eigenvalue weighted by atomic mass is 16.7. The third-order valence-electron chi connectivity index (χ3n) is 6.65. The summed E-state index contributed by atoms with van der Waals surface area (Å²) in [7, 11) is 1.34. The lowest BCUT2D eigenvalue weighted by molar-refractivity contribution is -0.176. The molecule has 3 rings (SSSR count). The standard InChI is InChI=1S/C31H38N2O11/c1-17(2)28(35)42-16-41-26-23(39-6)12-13-32-24(26)27(34)33-22-15-40-30(37)21(14-20-10-8-7-9-11-20)25(19(5)43-31(22)38)44-29(36)18(3)4/h7-13,17-19,21-22,25H,14-16H2,1-6H3,(H,33,34)/t19?,21-,22+,25+/m1/s1. The van der Waals surface area contributed by atoms with E-state index >= 15 is 0 Å². The number of benzene rings is 1. The number of nitrogens with one attached hydrogen (secondary N) is 1. The number of carbonyl (C=O) groups excluding carboxylic acids is 5. The number of esters is 4. The predicted molar refractivity (Wildman–Crippen MR) is 153 cm³/mol. The van der Waals surface area contributed by atoms with Gasteiger partial charge in [0.1, 0.15) is 18.6 Å². The largest absolute Gasteiger partial charge is 0.493 e. The SMILES string of the molecule is COc1ccnc(C(=O)N[C@H]2COC(=O)[C@H](Cc3ccccc3)[C@@H](OC(=O)C(C)C)C(C)OC2=O)c1OCOC(=O)C(C)C. The van der Waals surface area contributed by atoms with E-state index in [9.17, 15) is 24.0 Å². The van der Waals surface area contributed by atoms with Crippen molar-refractivity contribution in [2.45, 2.75) is 59.3 Å². The van der Waals surface area contributed by atoms with Gasteiger partial charge in [-0.1, -0.05) is 58.0 Å². The zero-order valence-corrected chi connectivity index (χ0v) is 25.6. The van der Waals surface area contributed by atoms with E-state index in [0.717, 1.165) is 5.56 Å². The monoisotopic (exact) mass is 614 g/mol. The summed E-state index contributed by atoms with van der Waals surface area (Å²) in [6.07, 6.45) is -0.811. The first-order valence-corrected chi connectivity index (χ1v) is 14.2. The topological polar surface area (TPSA) is 166 Å². The van der Waals surface area contributed by atoms with Gasteiger partial charge >= 0.3 is 23.9 Å². The van der Waals surface area contributed by atoms with Crippen LogP contribution in [0.3, 0.4) is 0 Å². The fraction of sp³-hybridized carbons (Fsp3) is 0.484. The third-order valence-corrected chi connectivity index (χ3v) is 6.65. The Hall–Kier alpha value is -4.68. The Morgan fingerprint density at radius 1 is 1.00 bits per heavy atom. The molecule has 1 aliphatic heterocycles. The van der Waals surface area contributed by atoms with Gasteiger partial charge in [0, 0.05) is 12.3 Å². The number of hydrogen-bond donors (Lipinski definition) is 1. The predicted octanol–water partition coefficient (Wildman–Crippen LogP) is 2.64. The van der Waals surface area contributed by atoms with Gasteiger partial charge in [-0.05, 0) is 18.9 Å². The fourth-order valence-corrected chi connectivity index (χ4v) is 4.18. The Morgan fingerprint density at radius 3 is 2.32 bits per heavy atom. The normalized spacial score (nSPS) is 20.4. The molecule has 13 nitrogen and oxygen atoms in total. The van der Waals surface area contributed by atoms with Crippen LogP contribution in [0.25, 0.3) is 0 Å². The molecule has 1 aromatic heterocycles. The second-order valence-electron chi connectivity index (χ2n) is 10.7. The Balaban J connectivity index is 1.85. The lowest BCUT2D eigenvalue weighted by Crippen LogP contribution is -2.47. The zero-order valence-electron chi connectivity index (χ0n) is 25.6. The van der Waals surface area contributed by atoms with E-state index in [0.29, 0.717) is 0 Å². The van der Waals surface area contributed by atoms with Crippen molar-refractivity contribution in [2.24, 2.45) is 17.8 Å². The molecule has 44 heavy (non-hydrogen) atoms. The molecule has 1 N–H and O–H groups in total. The van der Waals surface area contributed by atoms with Crippen molar-refractivity contribution in [1.82, 2.24) is 10.3 Å². The van der Waals surface area contributed by atoms with E-state index in [1.807, 2.05) is 18.2 Å². The highest BCUT2D eigenvalue weighted by Crippen LogP contribution is 2.30. The maximum absolute atomic E-state index is 13.4. The smallest absolute Gasteiger partial charge is 0.332 e. The minimum atomic E-state index is -1.45. The van der Waals surface area contributed by atoms with Crippen molar-refractivity contribution in [3.8, 4) is 11.5 Å². The van der Waals surface area contributed by atoms with Crippen LogP contribution in [0.5, 0.6) is 11.5 Å². The maximum atomic E-state index is 13.4. The molecule has 4 atom stereocenters. The summed E-state index contributed by atoms with van der Waals surface area (Å²) in [4.78, 5) is 68.5. The second kappa shape index (κ2) is 15.7. The first-order valence-electron chi connectivity index (χ1n) is 14.2. The number of hydrogen-bond acceptors (Lipinski definition) is 12. The van der Waals surface area contributed by atoms with Crippen molar-refractivity contribution >= 4 is 29.8 Å². The number of nitrogens with zero attached hydrogens (tertiary/aromatic N) is 1. The first-order chi connectivity index (χ1) is 20.9. The molecule has 2 aromatic rings. The van der Waals surface area contributed by atoms with Crippen LogP contribution in [-0.4, -0.2) is 73.5 Å². The average molecular weight is 615 g/mol. The number of ether oxygens (including phenoxy) is 6. The summed E-state index contributed by atoms with van der Waals surface area (Å²) in [6.45, 7) is 6.98. The average Bonchev–Trinajstić information content (AvgIpc) is 3.03. The van der Waals surface area contributed by atoms with Crippen LogP contribution in [-0.2, 0) is 44.5 Å². The lowest BCUT2D eigenvalue weighted by Gasteiger charge is -2.29. The summed E-state index contributed by atoms with van der Waals surface area (Å²) in [5.74, 6) is -5.61. The zero-order chi connectivity index (χ0) is 32.4. The quantitative estimate of drug-likeness (QED) is 0.224. The second-order valence-corrected chi connectivity index (χ2v) is 10.7. The summed E-state index contributed by atoms with van der Waals surface area (Å²) >= 11 is 0. The van der Waals surface area contributed by atoms with Crippen LogP contribution in [0.4, 0.5) is 0 Å². The fourth-order valence-electron chi connectivity index (χ4n) is 4.18. The van der Waals surface area contributed by atoms with Gasteiger partial charge in [0.15, 0.2) is 29.3 Å². The van der Waals surface area contributed by atoms with Crippen LogP contribution in [0.15, 0.2) is 42.6 Å². The molecule has 1 saturated heterocycles. The van der Waals surface area contributed by atoms with E-state index in [1.54, 1.807) is 39.8 Å². The number of amides is 1. The Morgan fingerprint density at radius 2 is 1.68 bits per heavy atom. The van der Waals surface area contributed by atoms with E-state index < -0.39 is 79.2 Å². The molecular weight excluding hydrogens is 576 g/mol. The molecule has 1 unspecified atom stereocenters. The summed E-state index contributed by atoms with van der Waals surface area (Å²) < 4.78 is 32.6. The van der Waals surface area contributed by atoms with Crippen molar-refractivity contribution < 1.29 is 52.4 Å². The highest BCUT2D eigenvalue weighted by molar-refractivity contribution is 5.98. The van der Waals surface area contributed by atoms with Crippen LogP contribution in [0.1, 0.15) is 50.7 Å². The van der Waals surface area contributed by atoms with Crippen molar-refractivity contribution in [3.05, 3.63) is 53.9 Å². The van der Waals surface area contributed by atoms with Crippen LogP contribution >= 0.6 is 0 Å². The van der Waals surface area contributed by atoms with Crippen molar-refractivity contribution in [2.75, 3.05) is 20.5 Å². The van der Waals surface area contributed by atoms with Gasteiger partial charge in [-0.3, -0.25) is 19.2 Å². The molecule has 1 aliphatic rings. The molecule has 2 heterocycles. The molecule has 0 radical (unpaired) electrons. The summed E-state index contributed by atoms with van der Waals surface area (Å²) in [5, 5.41) is 2.46. The number of carbonyl (C=O) groups is 5. The highest BCUT2D eigenvalue weighted by Gasteiger charge is 2.42. The van der Waals surface area contributed by atoms with Gasteiger partial charge in [-0.15, -0.1) is 0 Å². The van der Waals surface area contributed by atoms with E-state index in [2.05, 4.69) is 10.3 Å². The number of methoxy groups -OCH3 is 1. The van der Waals surface area contributed by atoms with E-state index in [-0.39, 0.29) is 23.6 Å². The minimum Gasteiger partial charge on any atom is -0.493 e. The van der Waals surface area contributed by atoms with Crippen molar-refractivity contribution in [3.63, 3.8) is 0 Å². The molecule has 1 aromatic carbocycles. The molecule has 0 bridgehead atoms. The molecule has 1 amide bonds. The molecule has 13 heteroatoms. The van der Waals surface area contributed by atoms with Crippen LogP contribution in [0, 0.1) is 17.8 Å². The molecule has 0 spiro atoms. The van der Waals surface area contributed by atoms with Gasteiger partial charge in [0.25, 0.3) is 5.91 Å². The van der Waals surface area contributed by atoms with Crippen molar-refractivity contribution in [1.29, 1.82) is 0 Å². The van der Waals surface area contributed by atoms with Crippen LogP contribution < -0.4 is 14.8 Å². The third kappa shape index (κ3) is 8.91. The van der Waals surface area contributed by atoms with Crippen LogP contribution in [0.2, 0.25) is 0 Å². The van der Waals surface area contributed by atoms with Gasteiger partial charge in [-0.25, -0.2) is 9.78 Å². The number of pyridine rings is 1. The first kappa shape index (κ1) is 33.8. The Labute approximate surface area is 255 Å². The molecule has 1 fully saturated rings. The number of aromatic nitrogens is 1. The van der Waals surface area contributed by atoms with Gasteiger partial charge in [0.05, 0.1) is 18.9 Å². The number of rotatable bonds is 11. The summed E-state index contributed by atoms with van der Waals surface area (Å²) in [5.41, 5.74) is 0.487. The van der Waals surface area contributed by atoms with E-state index in [4.69, 9.17) is 28.4 Å². The lowest BCUT2D eigenvalue weighted by atomic mass is 9.91. The molecule has 0 saturated carbocycles.